The van der Waals surface area contributed by atoms with Crippen LogP contribution in [0.4, 0.5) is 4.39 Å². The highest BCUT2D eigenvalue weighted by Crippen LogP contribution is 2.30. The monoisotopic (exact) mass is 329 g/mol. The molecular weight excluding hydrogens is 317 g/mol. The van der Waals surface area contributed by atoms with Crippen LogP contribution in [0, 0.1) is 12.7 Å². The first-order valence-corrected chi connectivity index (χ1v) is 7.09. The fourth-order valence-corrected chi connectivity index (χ4v) is 3.00. The van der Waals surface area contributed by atoms with E-state index in [2.05, 4.69) is 15.9 Å². The Kier molecular flexibility index (Phi) is 4.37. The number of halogens is 2. The van der Waals surface area contributed by atoms with Gasteiger partial charge >= 0.3 is 0 Å². The van der Waals surface area contributed by atoms with Gasteiger partial charge in [-0.05, 0) is 46.6 Å². The van der Waals surface area contributed by atoms with Crippen LogP contribution in [0.25, 0.3) is 0 Å². The second kappa shape index (κ2) is 5.82. The molecule has 2 nitrogen and oxygen atoms in total. The first-order chi connectivity index (χ1) is 8.60. The largest absolute Gasteiger partial charge is 0.483 e. The lowest BCUT2D eigenvalue weighted by Crippen LogP contribution is -2.17. The van der Waals surface area contributed by atoms with Crippen LogP contribution < -0.4 is 10.5 Å². The molecule has 1 unspecified atom stereocenters. The molecule has 0 saturated heterocycles. The molecule has 0 saturated carbocycles. The molecule has 2 N–H and O–H groups in total. The van der Waals surface area contributed by atoms with Crippen molar-refractivity contribution in [2.24, 2.45) is 5.73 Å². The molecule has 2 aromatic rings. The van der Waals surface area contributed by atoms with E-state index in [1.54, 1.807) is 30.4 Å². The summed E-state index contributed by atoms with van der Waals surface area (Å²) < 4.78 is 20.2. The summed E-state index contributed by atoms with van der Waals surface area (Å²) in [6.07, 6.45) is -0.247. The second-order valence-electron chi connectivity index (χ2n) is 3.90. The Labute approximate surface area is 118 Å². The number of ether oxygens (including phenoxy) is 1. The zero-order valence-electron chi connectivity index (χ0n) is 9.82. The molecule has 0 aliphatic carbocycles. The minimum Gasteiger partial charge on any atom is -0.483 e. The highest BCUT2D eigenvalue weighted by Gasteiger charge is 2.14. The van der Waals surface area contributed by atoms with Crippen LogP contribution in [0.3, 0.4) is 0 Å². The smallest absolute Gasteiger partial charge is 0.145 e. The maximum Gasteiger partial charge on any atom is 0.145 e. The number of aryl methyl sites for hydroxylation is 1. The predicted molar refractivity (Wildman–Crippen MR) is 75.6 cm³/mol. The first kappa shape index (κ1) is 13.5. The van der Waals surface area contributed by atoms with Gasteiger partial charge in [-0.15, -0.1) is 11.3 Å². The van der Waals surface area contributed by atoms with Crippen LogP contribution in [0.15, 0.2) is 34.1 Å². The van der Waals surface area contributed by atoms with Crippen LogP contribution in [0.5, 0.6) is 5.75 Å². The SMILES string of the molecule is Cc1ccc(OC(CN)c2ccc(Br)s2)cc1F. The average molecular weight is 330 g/mol. The maximum absolute atomic E-state index is 13.4. The zero-order valence-corrected chi connectivity index (χ0v) is 12.2. The van der Waals surface area contributed by atoms with Gasteiger partial charge in [-0.3, -0.25) is 0 Å². The lowest BCUT2D eigenvalue weighted by molar-refractivity contribution is 0.217. The summed E-state index contributed by atoms with van der Waals surface area (Å²) in [6.45, 7) is 2.07. The highest BCUT2D eigenvalue weighted by atomic mass is 79.9. The van der Waals surface area contributed by atoms with Crippen molar-refractivity contribution in [2.45, 2.75) is 13.0 Å². The van der Waals surface area contributed by atoms with E-state index in [-0.39, 0.29) is 11.9 Å². The first-order valence-electron chi connectivity index (χ1n) is 5.48. The molecule has 96 valence electrons. The van der Waals surface area contributed by atoms with Crippen molar-refractivity contribution < 1.29 is 9.13 Å². The Bertz CT molecular complexity index is 544. The Hall–Kier alpha value is -0.910. The third-order valence-corrected chi connectivity index (χ3v) is 4.26. The molecule has 0 spiro atoms. The third-order valence-electron chi connectivity index (χ3n) is 2.55. The lowest BCUT2D eigenvalue weighted by Gasteiger charge is -2.16. The van der Waals surface area contributed by atoms with Gasteiger partial charge in [0.25, 0.3) is 0 Å². The molecule has 0 aliphatic heterocycles. The minimum atomic E-state index is -0.268. The highest BCUT2D eigenvalue weighted by molar-refractivity contribution is 9.11. The summed E-state index contributed by atoms with van der Waals surface area (Å²) in [5, 5.41) is 0. The van der Waals surface area contributed by atoms with Gasteiger partial charge in [0.1, 0.15) is 17.7 Å². The quantitative estimate of drug-likeness (QED) is 0.918. The molecular formula is C13H13BrFNOS. The molecule has 2 rings (SSSR count). The fourth-order valence-electron chi connectivity index (χ4n) is 1.53. The summed E-state index contributed by atoms with van der Waals surface area (Å²) in [6, 6.07) is 8.74. The van der Waals surface area contributed by atoms with Gasteiger partial charge in [0.2, 0.25) is 0 Å². The molecule has 1 aromatic heterocycles. The molecule has 0 aliphatic rings. The third kappa shape index (κ3) is 3.10. The van der Waals surface area contributed by atoms with Crippen LogP contribution in [0.1, 0.15) is 16.5 Å². The van der Waals surface area contributed by atoms with Crippen LogP contribution >= 0.6 is 27.3 Å². The van der Waals surface area contributed by atoms with E-state index in [0.717, 1.165) is 8.66 Å². The summed E-state index contributed by atoms with van der Waals surface area (Å²) in [7, 11) is 0. The van der Waals surface area contributed by atoms with Crippen molar-refractivity contribution in [1.82, 2.24) is 0 Å². The fraction of sp³-hybridized carbons (Fsp3) is 0.231. The van der Waals surface area contributed by atoms with Gasteiger partial charge in [0.05, 0.1) is 3.79 Å². The molecule has 1 atom stereocenters. The molecule has 1 aromatic carbocycles. The topological polar surface area (TPSA) is 35.2 Å². The van der Waals surface area contributed by atoms with E-state index in [4.69, 9.17) is 10.5 Å². The van der Waals surface area contributed by atoms with Gasteiger partial charge in [0.15, 0.2) is 0 Å². The number of hydrogen-bond acceptors (Lipinski definition) is 3. The van der Waals surface area contributed by atoms with Crippen molar-refractivity contribution in [3.63, 3.8) is 0 Å². The van der Waals surface area contributed by atoms with E-state index in [1.165, 1.54) is 6.07 Å². The normalized spacial score (nSPS) is 12.4. The van der Waals surface area contributed by atoms with Gasteiger partial charge in [-0.2, -0.15) is 0 Å². The number of hydrogen-bond donors (Lipinski definition) is 1. The van der Waals surface area contributed by atoms with Crippen LogP contribution in [-0.4, -0.2) is 6.54 Å². The number of nitrogens with two attached hydrogens (primary N) is 1. The number of rotatable bonds is 4. The van der Waals surface area contributed by atoms with Gasteiger partial charge in [-0.25, -0.2) is 4.39 Å². The van der Waals surface area contributed by atoms with Crippen LogP contribution in [0.2, 0.25) is 0 Å². The number of thiophene rings is 1. The summed E-state index contributed by atoms with van der Waals surface area (Å²) in [5.74, 6) is 0.230. The Morgan fingerprint density at radius 1 is 1.39 bits per heavy atom. The molecule has 5 heteroatoms. The van der Waals surface area contributed by atoms with E-state index >= 15 is 0 Å². The molecule has 0 bridgehead atoms. The number of benzene rings is 1. The zero-order chi connectivity index (χ0) is 13.1. The van der Waals surface area contributed by atoms with E-state index in [0.29, 0.717) is 17.9 Å². The Morgan fingerprint density at radius 2 is 2.17 bits per heavy atom. The predicted octanol–water partition coefficient (Wildman–Crippen LogP) is 4.04. The van der Waals surface area contributed by atoms with E-state index in [9.17, 15) is 4.39 Å². The standard InChI is InChI=1S/C13H13BrFNOS/c1-8-2-3-9(6-10(8)15)17-11(7-16)12-4-5-13(14)18-12/h2-6,11H,7,16H2,1H3. The molecule has 0 radical (unpaired) electrons. The summed E-state index contributed by atoms with van der Waals surface area (Å²) >= 11 is 4.96. The summed E-state index contributed by atoms with van der Waals surface area (Å²) in [4.78, 5) is 1.02. The van der Waals surface area contributed by atoms with Crippen molar-refractivity contribution in [3.05, 3.63) is 50.4 Å². The summed E-state index contributed by atoms with van der Waals surface area (Å²) in [5.41, 5.74) is 6.30. The van der Waals surface area contributed by atoms with Gasteiger partial charge < -0.3 is 10.5 Å². The molecule has 0 fully saturated rings. The second-order valence-corrected chi connectivity index (χ2v) is 6.39. The molecule has 1 heterocycles. The van der Waals surface area contributed by atoms with Crippen molar-refractivity contribution >= 4 is 27.3 Å². The molecule has 0 amide bonds. The van der Waals surface area contributed by atoms with Crippen molar-refractivity contribution in [2.75, 3.05) is 6.54 Å². The Morgan fingerprint density at radius 3 is 2.72 bits per heavy atom. The minimum absolute atomic E-state index is 0.247. The van der Waals surface area contributed by atoms with E-state index < -0.39 is 0 Å². The van der Waals surface area contributed by atoms with Crippen molar-refractivity contribution in [1.29, 1.82) is 0 Å². The Balaban J connectivity index is 2.17. The van der Waals surface area contributed by atoms with Crippen molar-refractivity contribution in [3.8, 4) is 5.75 Å². The molecule has 18 heavy (non-hydrogen) atoms. The maximum atomic E-state index is 13.4. The van der Waals surface area contributed by atoms with Gasteiger partial charge in [0, 0.05) is 17.5 Å². The lowest BCUT2D eigenvalue weighted by atomic mass is 10.2. The average Bonchev–Trinajstić information content (AvgIpc) is 2.77. The van der Waals surface area contributed by atoms with E-state index in [1.807, 2.05) is 12.1 Å². The van der Waals surface area contributed by atoms with Crippen LogP contribution in [-0.2, 0) is 0 Å². The van der Waals surface area contributed by atoms with Gasteiger partial charge in [-0.1, -0.05) is 6.07 Å².